The Morgan fingerprint density at radius 3 is 2.49 bits per heavy atom. The van der Waals surface area contributed by atoms with Gasteiger partial charge in [-0.3, -0.25) is 4.99 Å². The van der Waals surface area contributed by atoms with Crippen LogP contribution >= 0.6 is 23.2 Å². The number of carbonyl (C=O) groups excluding carboxylic acids is 1. The number of halogens is 6. The van der Waals surface area contributed by atoms with Crippen LogP contribution in [0.4, 0.5) is 22.4 Å². The maximum Gasteiger partial charge on any atom is 0.416 e. The molecule has 1 aliphatic heterocycles. The van der Waals surface area contributed by atoms with Crippen molar-refractivity contribution in [2.45, 2.75) is 61.7 Å². The molecule has 2 aromatic carbocycles. The fourth-order valence-electron chi connectivity index (χ4n) is 5.53. The van der Waals surface area contributed by atoms with Crippen LogP contribution in [-0.2, 0) is 18.1 Å². The second-order valence-corrected chi connectivity index (χ2v) is 11.3. The van der Waals surface area contributed by atoms with Crippen LogP contribution in [0, 0.1) is 11.7 Å². The number of amides is 2. The summed E-state index contributed by atoms with van der Waals surface area (Å²) < 4.78 is 56.4. The highest BCUT2D eigenvalue weighted by molar-refractivity contribution is 6.30. The number of carbonyl (C=O) groups is 1. The standard InChI is InChI=1S/C29H27Cl2F4N3O/c30-21-5-3-4-17(10-21)15-28(38-27(39)37-23-6-1-2-7-23,19-12-20(29(33,34)35)14-22(32)13-19)26-9-8-18-11-25(31)24(18)16-36-26/h3-5,8-10,12-14,16,23-25H,1-2,6-7,11,15H2,(H2,37,38,39)/t24?,25?,28-/m0/s1. The largest absolute Gasteiger partial charge is 0.416 e. The van der Waals surface area contributed by atoms with Crippen molar-refractivity contribution in [3.05, 3.63) is 93.4 Å². The van der Waals surface area contributed by atoms with E-state index in [1.807, 2.05) is 6.08 Å². The molecule has 0 radical (unpaired) electrons. The van der Waals surface area contributed by atoms with Crippen LogP contribution in [0.5, 0.6) is 0 Å². The van der Waals surface area contributed by atoms with E-state index < -0.39 is 29.1 Å². The number of nitrogens with zero attached hydrogens (tertiary/aromatic N) is 1. The molecular weight excluding hydrogens is 553 g/mol. The number of hydrogen-bond donors (Lipinski definition) is 2. The third kappa shape index (κ3) is 6.02. The number of alkyl halides is 4. The first-order chi connectivity index (χ1) is 18.5. The minimum absolute atomic E-state index is 0.0340. The van der Waals surface area contributed by atoms with E-state index in [1.54, 1.807) is 36.6 Å². The molecule has 1 heterocycles. The van der Waals surface area contributed by atoms with Crippen LogP contribution in [0.3, 0.4) is 0 Å². The lowest BCUT2D eigenvalue weighted by atomic mass is 9.79. The molecule has 10 heteroatoms. The van der Waals surface area contributed by atoms with Gasteiger partial charge in [-0.2, -0.15) is 13.2 Å². The van der Waals surface area contributed by atoms with E-state index in [0.29, 0.717) is 23.1 Å². The monoisotopic (exact) mass is 579 g/mol. The Hall–Kier alpha value is -2.84. The zero-order chi connectivity index (χ0) is 27.8. The summed E-state index contributed by atoms with van der Waals surface area (Å²) in [5, 5.41) is 6.14. The lowest BCUT2D eigenvalue weighted by molar-refractivity contribution is -0.137. The van der Waals surface area contributed by atoms with Crippen molar-refractivity contribution in [3.63, 3.8) is 0 Å². The van der Waals surface area contributed by atoms with Crippen molar-refractivity contribution in [1.29, 1.82) is 0 Å². The Labute approximate surface area is 234 Å². The van der Waals surface area contributed by atoms with Gasteiger partial charge in [0, 0.05) is 35.0 Å². The van der Waals surface area contributed by atoms with Gasteiger partial charge in [0.1, 0.15) is 11.4 Å². The lowest BCUT2D eigenvalue weighted by Crippen LogP contribution is -2.54. The zero-order valence-corrected chi connectivity index (χ0v) is 22.4. The van der Waals surface area contributed by atoms with Crippen LogP contribution in [-0.4, -0.2) is 23.7 Å². The number of rotatable bonds is 6. The Kier molecular flexibility index (Phi) is 7.80. The predicted molar refractivity (Wildman–Crippen MR) is 145 cm³/mol. The van der Waals surface area contributed by atoms with E-state index in [0.717, 1.165) is 43.4 Å². The summed E-state index contributed by atoms with van der Waals surface area (Å²) in [5.41, 5.74) is -1.02. The van der Waals surface area contributed by atoms with Crippen molar-refractivity contribution in [1.82, 2.24) is 10.6 Å². The number of aliphatic imine (C=N–C) groups is 1. The molecule has 0 saturated heterocycles. The van der Waals surface area contributed by atoms with Crippen LogP contribution < -0.4 is 10.6 Å². The first-order valence-electron chi connectivity index (χ1n) is 12.8. The molecule has 3 aliphatic rings. The Balaban J connectivity index is 1.68. The highest BCUT2D eigenvalue weighted by Gasteiger charge is 2.43. The van der Waals surface area contributed by atoms with Gasteiger partial charge in [-0.1, -0.05) is 48.2 Å². The van der Waals surface area contributed by atoms with Crippen molar-refractivity contribution in [2.75, 3.05) is 0 Å². The molecule has 3 atom stereocenters. The van der Waals surface area contributed by atoms with Gasteiger partial charge in [0.25, 0.3) is 0 Å². The van der Waals surface area contributed by atoms with Crippen LogP contribution in [0.2, 0.25) is 5.02 Å². The molecule has 5 rings (SSSR count). The summed E-state index contributed by atoms with van der Waals surface area (Å²) in [6.07, 6.45) is 4.52. The van der Waals surface area contributed by atoms with Crippen molar-refractivity contribution in [2.24, 2.45) is 10.9 Å². The van der Waals surface area contributed by atoms with Crippen molar-refractivity contribution < 1.29 is 22.4 Å². The summed E-state index contributed by atoms with van der Waals surface area (Å²) in [4.78, 5) is 18.1. The van der Waals surface area contributed by atoms with Crippen molar-refractivity contribution >= 4 is 35.4 Å². The fraction of sp³-hybridized carbons (Fsp3) is 0.379. The van der Waals surface area contributed by atoms with Gasteiger partial charge in [0.2, 0.25) is 0 Å². The molecule has 206 valence electrons. The van der Waals surface area contributed by atoms with Gasteiger partial charge >= 0.3 is 12.2 Å². The molecule has 2 N–H and O–H groups in total. The Morgan fingerprint density at radius 1 is 1.05 bits per heavy atom. The van der Waals surface area contributed by atoms with E-state index in [2.05, 4.69) is 15.6 Å². The second-order valence-electron chi connectivity index (χ2n) is 10.3. The molecule has 39 heavy (non-hydrogen) atoms. The molecule has 0 aromatic heterocycles. The average Bonchev–Trinajstić information content (AvgIpc) is 3.29. The maximum atomic E-state index is 14.9. The summed E-state index contributed by atoms with van der Waals surface area (Å²) in [7, 11) is 0. The first-order valence-corrected chi connectivity index (χ1v) is 13.7. The summed E-state index contributed by atoms with van der Waals surface area (Å²) >= 11 is 12.6. The Bertz CT molecular complexity index is 1350. The predicted octanol–water partition coefficient (Wildman–Crippen LogP) is 7.70. The van der Waals surface area contributed by atoms with E-state index in [1.165, 1.54) is 0 Å². The smallest absolute Gasteiger partial charge is 0.335 e. The van der Waals surface area contributed by atoms with E-state index >= 15 is 0 Å². The van der Waals surface area contributed by atoms with Gasteiger partial charge in [-0.05, 0) is 66.8 Å². The topological polar surface area (TPSA) is 53.5 Å². The van der Waals surface area contributed by atoms with Crippen LogP contribution in [0.1, 0.15) is 48.8 Å². The summed E-state index contributed by atoms with van der Waals surface area (Å²) in [5.74, 6) is -1.21. The van der Waals surface area contributed by atoms with Gasteiger partial charge in [-0.25, -0.2) is 9.18 Å². The van der Waals surface area contributed by atoms with E-state index in [-0.39, 0.29) is 35.0 Å². The molecule has 2 fully saturated rings. The Morgan fingerprint density at radius 2 is 1.79 bits per heavy atom. The summed E-state index contributed by atoms with van der Waals surface area (Å²) in [6, 6.07) is 8.48. The minimum atomic E-state index is -4.81. The van der Waals surface area contributed by atoms with Gasteiger partial charge in [0.05, 0.1) is 11.3 Å². The molecule has 2 aromatic rings. The second kappa shape index (κ2) is 11.0. The lowest BCUT2D eigenvalue weighted by Gasteiger charge is -2.37. The average molecular weight is 580 g/mol. The number of benzene rings is 2. The molecule has 2 aliphatic carbocycles. The SMILES string of the molecule is O=C(NC1CCCC1)N[C@](Cc1cccc(Cl)c1)(C1=CC=C2CC(Cl)C2C=N1)c1cc(F)cc(C(F)(F)F)c1. The zero-order valence-electron chi connectivity index (χ0n) is 20.9. The van der Waals surface area contributed by atoms with Crippen molar-refractivity contribution in [3.8, 4) is 0 Å². The van der Waals surface area contributed by atoms with Gasteiger partial charge in [0.15, 0.2) is 0 Å². The van der Waals surface area contributed by atoms with Gasteiger partial charge in [-0.15, -0.1) is 11.6 Å². The fourth-order valence-corrected chi connectivity index (χ4v) is 6.15. The molecule has 4 nitrogen and oxygen atoms in total. The molecule has 0 spiro atoms. The van der Waals surface area contributed by atoms with Gasteiger partial charge < -0.3 is 10.6 Å². The maximum absolute atomic E-state index is 14.9. The number of fused-ring (bicyclic) bond motifs is 1. The highest BCUT2D eigenvalue weighted by Crippen LogP contribution is 2.43. The number of urea groups is 1. The number of hydrogen-bond acceptors (Lipinski definition) is 2. The number of nitrogens with one attached hydrogen (secondary N) is 2. The molecule has 0 bridgehead atoms. The quantitative estimate of drug-likeness (QED) is 0.267. The third-order valence-corrected chi connectivity index (χ3v) is 8.27. The third-order valence-electron chi connectivity index (χ3n) is 7.61. The van der Waals surface area contributed by atoms with Crippen LogP contribution in [0.15, 0.2) is 70.9 Å². The molecule has 2 amide bonds. The van der Waals surface area contributed by atoms with Crippen LogP contribution in [0.25, 0.3) is 0 Å². The van der Waals surface area contributed by atoms with E-state index in [4.69, 9.17) is 23.2 Å². The summed E-state index contributed by atoms with van der Waals surface area (Å²) in [6.45, 7) is 0. The molecule has 2 unspecified atom stereocenters. The highest BCUT2D eigenvalue weighted by atomic mass is 35.5. The molecular formula is C29H27Cl2F4N3O. The minimum Gasteiger partial charge on any atom is -0.335 e. The normalized spacial score (nSPS) is 22.6. The number of allylic oxidation sites excluding steroid dienone is 3. The molecule has 2 saturated carbocycles. The van der Waals surface area contributed by atoms with E-state index in [9.17, 15) is 22.4 Å². The first kappa shape index (κ1) is 27.7.